The van der Waals surface area contributed by atoms with Gasteiger partial charge in [0.2, 0.25) is 5.91 Å². The van der Waals surface area contributed by atoms with E-state index in [9.17, 15) is 4.79 Å². The summed E-state index contributed by atoms with van der Waals surface area (Å²) in [6.45, 7) is 10.1. The zero-order valence-corrected chi connectivity index (χ0v) is 17.4. The van der Waals surface area contributed by atoms with Crippen molar-refractivity contribution in [3.8, 4) is 5.75 Å². The molecule has 0 saturated carbocycles. The largest absolute Gasteiger partial charge is 0.493 e. The van der Waals surface area contributed by atoms with E-state index in [1.54, 1.807) is 0 Å². The van der Waals surface area contributed by atoms with Crippen molar-refractivity contribution >= 4 is 11.6 Å². The molecule has 0 aromatic heterocycles. The van der Waals surface area contributed by atoms with Gasteiger partial charge in [-0.05, 0) is 68.9 Å². The molecule has 1 heterocycles. The summed E-state index contributed by atoms with van der Waals surface area (Å²) in [6, 6.07) is 12.3. The first-order valence-corrected chi connectivity index (χ1v) is 10.2. The lowest BCUT2D eigenvalue weighted by molar-refractivity contribution is -0.125. The van der Waals surface area contributed by atoms with Gasteiger partial charge in [-0.3, -0.25) is 4.79 Å². The van der Waals surface area contributed by atoms with E-state index in [-0.39, 0.29) is 5.91 Å². The van der Waals surface area contributed by atoms with E-state index in [4.69, 9.17) is 9.47 Å². The molecule has 1 saturated heterocycles. The summed E-state index contributed by atoms with van der Waals surface area (Å²) < 4.78 is 11.4. The molecule has 1 amide bonds. The van der Waals surface area contributed by atoms with Crippen molar-refractivity contribution < 1.29 is 14.3 Å². The Morgan fingerprint density at radius 3 is 2.39 bits per heavy atom. The van der Waals surface area contributed by atoms with Gasteiger partial charge in [-0.25, -0.2) is 0 Å². The molecule has 28 heavy (non-hydrogen) atoms. The molecular formula is C24H31NO3. The van der Waals surface area contributed by atoms with Crippen LogP contribution >= 0.6 is 0 Å². The van der Waals surface area contributed by atoms with Crippen molar-refractivity contribution in [2.45, 2.75) is 52.4 Å². The molecule has 0 spiro atoms. The van der Waals surface area contributed by atoms with Gasteiger partial charge < -0.3 is 14.8 Å². The first-order valence-electron chi connectivity index (χ1n) is 10.2. The van der Waals surface area contributed by atoms with Crippen molar-refractivity contribution in [3.63, 3.8) is 0 Å². The van der Waals surface area contributed by atoms with E-state index in [2.05, 4.69) is 37.4 Å². The van der Waals surface area contributed by atoms with Gasteiger partial charge >= 0.3 is 0 Å². The molecule has 4 heteroatoms. The third-order valence-electron chi connectivity index (χ3n) is 5.52. The van der Waals surface area contributed by atoms with Crippen LogP contribution in [0.1, 0.15) is 48.4 Å². The summed E-state index contributed by atoms with van der Waals surface area (Å²) in [5.41, 5.74) is 4.59. The van der Waals surface area contributed by atoms with Gasteiger partial charge in [0.1, 0.15) is 5.75 Å². The number of rotatable bonds is 6. The lowest BCUT2D eigenvalue weighted by Crippen LogP contribution is -2.44. The molecule has 150 valence electrons. The molecule has 1 fully saturated rings. The maximum absolute atomic E-state index is 13.5. The molecule has 1 N–H and O–H groups in total. The van der Waals surface area contributed by atoms with Gasteiger partial charge in [-0.15, -0.1) is 0 Å². The minimum Gasteiger partial charge on any atom is -0.493 e. The molecule has 0 radical (unpaired) electrons. The third kappa shape index (κ3) is 4.22. The SMILES string of the molecule is CCCOc1c(C)cc(NC(=O)C2(c3cccc(C)c3)CCOCC2)cc1C. The molecule has 1 aliphatic heterocycles. The van der Waals surface area contributed by atoms with Crippen LogP contribution < -0.4 is 10.1 Å². The molecule has 0 aliphatic carbocycles. The van der Waals surface area contributed by atoms with Gasteiger partial charge in [0.25, 0.3) is 0 Å². The van der Waals surface area contributed by atoms with Crippen LogP contribution in [-0.4, -0.2) is 25.7 Å². The van der Waals surface area contributed by atoms with Crippen LogP contribution in [0.15, 0.2) is 36.4 Å². The lowest BCUT2D eigenvalue weighted by atomic mass is 9.73. The van der Waals surface area contributed by atoms with Gasteiger partial charge in [-0.1, -0.05) is 36.8 Å². The van der Waals surface area contributed by atoms with Crippen molar-refractivity contribution in [1.29, 1.82) is 0 Å². The average Bonchev–Trinajstić information content (AvgIpc) is 2.68. The van der Waals surface area contributed by atoms with Gasteiger partial charge in [0.15, 0.2) is 0 Å². The molecule has 1 aliphatic rings. The van der Waals surface area contributed by atoms with E-state index < -0.39 is 5.41 Å². The van der Waals surface area contributed by atoms with Crippen LogP contribution in [0.25, 0.3) is 0 Å². The number of benzene rings is 2. The standard InChI is InChI=1S/C24H31NO3/c1-5-11-28-22-18(3)15-21(16-19(22)4)25-23(26)24(9-12-27-13-10-24)20-8-6-7-17(2)14-20/h6-8,14-16H,5,9-13H2,1-4H3,(H,25,26). The zero-order valence-electron chi connectivity index (χ0n) is 17.4. The maximum Gasteiger partial charge on any atom is 0.235 e. The van der Waals surface area contributed by atoms with Crippen molar-refractivity contribution in [2.24, 2.45) is 0 Å². The van der Waals surface area contributed by atoms with Crippen LogP contribution in [0, 0.1) is 20.8 Å². The van der Waals surface area contributed by atoms with Crippen molar-refractivity contribution in [2.75, 3.05) is 25.1 Å². The molecule has 4 nitrogen and oxygen atoms in total. The number of ether oxygens (including phenoxy) is 2. The first kappa shape index (κ1) is 20.4. The Bertz CT molecular complexity index is 814. The molecule has 2 aromatic carbocycles. The second-order valence-corrected chi connectivity index (χ2v) is 7.81. The van der Waals surface area contributed by atoms with Crippen molar-refractivity contribution in [1.82, 2.24) is 0 Å². The average molecular weight is 382 g/mol. The number of hydrogen-bond donors (Lipinski definition) is 1. The fraction of sp³-hybridized carbons (Fsp3) is 0.458. The van der Waals surface area contributed by atoms with Gasteiger partial charge in [-0.2, -0.15) is 0 Å². The van der Waals surface area contributed by atoms with Gasteiger partial charge in [0, 0.05) is 18.9 Å². The van der Waals surface area contributed by atoms with Gasteiger partial charge in [0.05, 0.1) is 12.0 Å². The number of nitrogens with one attached hydrogen (secondary N) is 1. The summed E-state index contributed by atoms with van der Waals surface area (Å²) in [5.74, 6) is 0.960. The number of carbonyl (C=O) groups excluding carboxylic acids is 1. The Morgan fingerprint density at radius 1 is 1.11 bits per heavy atom. The number of aryl methyl sites for hydroxylation is 3. The van der Waals surface area contributed by atoms with Crippen LogP contribution in [0.5, 0.6) is 5.75 Å². The molecule has 0 bridgehead atoms. The Balaban J connectivity index is 1.89. The van der Waals surface area contributed by atoms with E-state index in [0.29, 0.717) is 32.7 Å². The summed E-state index contributed by atoms with van der Waals surface area (Å²) in [5, 5.41) is 3.19. The zero-order chi connectivity index (χ0) is 20.1. The molecule has 0 atom stereocenters. The smallest absolute Gasteiger partial charge is 0.235 e. The van der Waals surface area contributed by atoms with Crippen LogP contribution in [0.3, 0.4) is 0 Å². The Labute approximate surface area is 168 Å². The predicted octanol–water partition coefficient (Wildman–Crippen LogP) is 5.09. The molecule has 2 aromatic rings. The normalized spacial score (nSPS) is 15.9. The Morgan fingerprint density at radius 2 is 1.79 bits per heavy atom. The van der Waals surface area contributed by atoms with E-state index in [1.807, 2.05) is 32.0 Å². The highest BCUT2D eigenvalue weighted by atomic mass is 16.5. The maximum atomic E-state index is 13.5. The highest BCUT2D eigenvalue weighted by Crippen LogP contribution is 2.37. The Kier molecular flexibility index (Phi) is 6.40. The number of hydrogen-bond acceptors (Lipinski definition) is 3. The number of carbonyl (C=O) groups is 1. The highest BCUT2D eigenvalue weighted by molar-refractivity contribution is 5.99. The van der Waals surface area contributed by atoms with Crippen LogP contribution in [-0.2, 0) is 14.9 Å². The fourth-order valence-corrected chi connectivity index (χ4v) is 4.01. The second kappa shape index (κ2) is 8.78. The minimum atomic E-state index is -0.552. The monoisotopic (exact) mass is 381 g/mol. The summed E-state index contributed by atoms with van der Waals surface area (Å²) in [6.07, 6.45) is 2.36. The predicted molar refractivity (Wildman–Crippen MR) is 113 cm³/mol. The van der Waals surface area contributed by atoms with Crippen LogP contribution in [0.4, 0.5) is 5.69 Å². The summed E-state index contributed by atoms with van der Waals surface area (Å²) in [4.78, 5) is 13.5. The first-order chi connectivity index (χ1) is 13.5. The molecule has 0 unspecified atom stereocenters. The topological polar surface area (TPSA) is 47.6 Å². The minimum absolute atomic E-state index is 0.0439. The summed E-state index contributed by atoms with van der Waals surface area (Å²) in [7, 11) is 0. The van der Waals surface area contributed by atoms with E-state index >= 15 is 0 Å². The quantitative estimate of drug-likeness (QED) is 0.758. The highest BCUT2D eigenvalue weighted by Gasteiger charge is 2.41. The summed E-state index contributed by atoms with van der Waals surface area (Å²) >= 11 is 0. The van der Waals surface area contributed by atoms with E-state index in [0.717, 1.165) is 34.5 Å². The third-order valence-corrected chi connectivity index (χ3v) is 5.52. The van der Waals surface area contributed by atoms with Crippen LogP contribution in [0.2, 0.25) is 0 Å². The van der Waals surface area contributed by atoms with E-state index in [1.165, 1.54) is 5.56 Å². The van der Waals surface area contributed by atoms with Crippen molar-refractivity contribution in [3.05, 3.63) is 58.7 Å². The Hall–Kier alpha value is -2.33. The molecular weight excluding hydrogens is 350 g/mol. The number of amides is 1. The fourth-order valence-electron chi connectivity index (χ4n) is 4.01. The molecule has 3 rings (SSSR count). The lowest BCUT2D eigenvalue weighted by Gasteiger charge is -2.36. The second-order valence-electron chi connectivity index (χ2n) is 7.81. The number of anilines is 1.